The molecule has 2 aromatic rings. The van der Waals surface area contributed by atoms with E-state index in [2.05, 4.69) is 20.4 Å². The maximum Gasteiger partial charge on any atom is 0.410 e. The van der Waals surface area contributed by atoms with Crippen molar-refractivity contribution in [1.29, 1.82) is 0 Å². The van der Waals surface area contributed by atoms with E-state index < -0.39 is 5.60 Å². The van der Waals surface area contributed by atoms with E-state index in [-0.39, 0.29) is 6.09 Å². The summed E-state index contributed by atoms with van der Waals surface area (Å²) in [5.41, 5.74) is 1.26. The minimum absolute atomic E-state index is 0.230. The Balaban J connectivity index is 1.68. The lowest BCUT2D eigenvalue weighted by Gasteiger charge is -2.34. The first kappa shape index (κ1) is 21.1. The monoisotopic (exact) mass is 400 g/mol. The summed E-state index contributed by atoms with van der Waals surface area (Å²) >= 11 is 0. The second kappa shape index (κ2) is 8.80. The molecule has 8 heteroatoms. The molecule has 158 valence electrons. The predicted octanol–water partition coefficient (Wildman–Crippen LogP) is 3.50. The van der Waals surface area contributed by atoms with Crippen LogP contribution in [0.15, 0.2) is 18.5 Å². The van der Waals surface area contributed by atoms with Crippen molar-refractivity contribution in [2.24, 2.45) is 13.0 Å². The van der Waals surface area contributed by atoms with Crippen LogP contribution in [0.5, 0.6) is 0 Å². The molecule has 0 radical (unpaired) electrons. The van der Waals surface area contributed by atoms with E-state index in [9.17, 15) is 4.79 Å². The van der Waals surface area contributed by atoms with Gasteiger partial charge in [0.05, 0.1) is 11.3 Å². The van der Waals surface area contributed by atoms with E-state index in [0.717, 1.165) is 55.3 Å². The first-order chi connectivity index (χ1) is 13.7. The van der Waals surface area contributed by atoms with Gasteiger partial charge in [-0.15, -0.1) is 0 Å². The van der Waals surface area contributed by atoms with Gasteiger partial charge >= 0.3 is 6.09 Å². The van der Waals surface area contributed by atoms with Crippen LogP contribution in [-0.4, -0.2) is 56.0 Å². The van der Waals surface area contributed by atoms with Gasteiger partial charge in [-0.25, -0.2) is 14.8 Å². The summed E-state index contributed by atoms with van der Waals surface area (Å²) in [6.07, 6.45) is 6.33. The largest absolute Gasteiger partial charge is 0.444 e. The molecule has 3 heterocycles. The lowest BCUT2D eigenvalue weighted by Crippen LogP contribution is -2.44. The Labute approximate surface area is 172 Å². The molecule has 3 rings (SSSR count). The Morgan fingerprint density at radius 3 is 2.83 bits per heavy atom. The van der Waals surface area contributed by atoms with Crippen LogP contribution in [0.1, 0.15) is 46.4 Å². The second-order valence-electron chi connectivity index (χ2n) is 8.59. The van der Waals surface area contributed by atoms with Gasteiger partial charge in [-0.1, -0.05) is 6.92 Å². The Kier molecular flexibility index (Phi) is 6.39. The Hall–Kier alpha value is -2.64. The van der Waals surface area contributed by atoms with Crippen LogP contribution in [0.25, 0.3) is 11.3 Å². The Morgan fingerprint density at radius 1 is 1.38 bits per heavy atom. The van der Waals surface area contributed by atoms with Crippen molar-refractivity contribution < 1.29 is 9.53 Å². The SMILES string of the molecule is CCc1ncc(-c2ccn(C)n2)c(NCC2CCCN(C(=O)OC(C)(C)C)C2)n1. The average Bonchev–Trinajstić information content (AvgIpc) is 3.11. The van der Waals surface area contributed by atoms with Gasteiger partial charge in [0.25, 0.3) is 0 Å². The third-order valence-corrected chi connectivity index (χ3v) is 4.87. The molecule has 0 aromatic carbocycles. The van der Waals surface area contributed by atoms with Gasteiger partial charge in [-0.3, -0.25) is 4.68 Å². The number of anilines is 1. The number of nitrogens with one attached hydrogen (secondary N) is 1. The number of nitrogens with zero attached hydrogens (tertiary/aromatic N) is 5. The second-order valence-corrected chi connectivity index (χ2v) is 8.59. The number of piperidine rings is 1. The molecule has 1 aliphatic rings. The Morgan fingerprint density at radius 2 is 2.17 bits per heavy atom. The number of rotatable bonds is 5. The van der Waals surface area contributed by atoms with E-state index in [1.54, 1.807) is 4.68 Å². The molecule has 1 saturated heterocycles. The van der Waals surface area contributed by atoms with E-state index in [1.165, 1.54) is 0 Å². The highest BCUT2D eigenvalue weighted by atomic mass is 16.6. The van der Waals surface area contributed by atoms with Crippen LogP contribution in [0.2, 0.25) is 0 Å². The topological polar surface area (TPSA) is 85.2 Å². The maximum absolute atomic E-state index is 12.4. The highest BCUT2D eigenvalue weighted by Gasteiger charge is 2.27. The zero-order valence-electron chi connectivity index (χ0n) is 18.1. The lowest BCUT2D eigenvalue weighted by molar-refractivity contribution is 0.0172. The van der Waals surface area contributed by atoms with Gasteiger partial charge in [-0.2, -0.15) is 5.10 Å². The summed E-state index contributed by atoms with van der Waals surface area (Å²) in [6, 6.07) is 1.96. The fraction of sp³-hybridized carbons (Fsp3) is 0.619. The number of carbonyl (C=O) groups excluding carboxylic acids is 1. The summed E-state index contributed by atoms with van der Waals surface area (Å²) in [5, 5.41) is 7.98. The van der Waals surface area contributed by atoms with Crippen LogP contribution in [0.3, 0.4) is 0 Å². The molecule has 1 aliphatic heterocycles. The highest BCUT2D eigenvalue weighted by molar-refractivity contribution is 5.71. The van der Waals surface area contributed by atoms with Crippen molar-refractivity contribution in [2.75, 3.05) is 25.0 Å². The third kappa shape index (κ3) is 5.68. The van der Waals surface area contributed by atoms with E-state index in [0.29, 0.717) is 12.5 Å². The first-order valence-corrected chi connectivity index (χ1v) is 10.3. The van der Waals surface area contributed by atoms with Crippen molar-refractivity contribution in [3.05, 3.63) is 24.3 Å². The summed E-state index contributed by atoms with van der Waals surface area (Å²) in [7, 11) is 1.89. The number of hydrogen-bond donors (Lipinski definition) is 1. The lowest BCUT2D eigenvalue weighted by atomic mass is 9.98. The zero-order valence-corrected chi connectivity index (χ0v) is 18.1. The minimum Gasteiger partial charge on any atom is -0.444 e. The van der Waals surface area contributed by atoms with Crippen molar-refractivity contribution >= 4 is 11.9 Å². The standard InChI is InChI=1S/C21H32N6O2/c1-6-18-22-13-16(17-9-11-26(5)25-17)19(24-18)23-12-15-8-7-10-27(14-15)20(28)29-21(2,3)4/h9,11,13,15H,6-8,10,12,14H2,1-5H3,(H,22,23,24). The summed E-state index contributed by atoms with van der Waals surface area (Å²) in [4.78, 5) is 23.4. The summed E-state index contributed by atoms with van der Waals surface area (Å²) in [6.45, 7) is 9.90. The molecule has 8 nitrogen and oxygen atoms in total. The molecule has 0 bridgehead atoms. The van der Waals surface area contributed by atoms with Gasteiger partial charge in [0.15, 0.2) is 0 Å². The third-order valence-electron chi connectivity index (χ3n) is 4.87. The van der Waals surface area contributed by atoms with Crippen molar-refractivity contribution in [3.8, 4) is 11.3 Å². The average molecular weight is 401 g/mol. The first-order valence-electron chi connectivity index (χ1n) is 10.3. The highest BCUT2D eigenvalue weighted by Crippen LogP contribution is 2.26. The molecular formula is C21H32N6O2. The number of hydrogen-bond acceptors (Lipinski definition) is 6. The molecule has 1 atom stereocenters. The molecule has 1 N–H and O–H groups in total. The van der Waals surface area contributed by atoms with Crippen molar-refractivity contribution in [3.63, 3.8) is 0 Å². The van der Waals surface area contributed by atoms with Crippen molar-refractivity contribution in [1.82, 2.24) is 24.6 Å². The zero-order chi connectivity index (χ0) is 21.0. The molecule has 2 aromatic heterocycles. The number of likely N-dealkylation sites (tertiary alicyclic amines) is 1. The van der Waals surface area contributed by atoms with Crippen LogP contribution >= 0.6 is 0 Å². The number of amides is 1. The molecule has 29 heavy (non-hydrogen) atoms. The predicted molar refractivity (Wildman–Crippen MR) is 113 cm³/mol. The molecule has 0 saturated carbocycles. The van der Waals surface area contributed by atoms with Gasteiger partial charge in [-0.05, 0) is 45.6 Å². The normalized spacial score (nSPS) is 17.3. The molecule has 0 spiro atoms. The van der Waals surface area contributed by atoms with Crippen molar-refractivity contribution in [2.45, 2.75) is 52.6 Å². The van der Waals surface area contributed by atoms with E-state index in [1.807, 2.05) is 58.1 Å². The van der Waals surface area contributed by atoms with Crippen LogP contribution in [0.4, 0.5) is 10.6 Å². The summed E-state index contributed by atoms with van der Waals surface area (Å²) < 4.78 is 7.30. The molecular weight excluding hydrogens is 368 g/mol. The van der Waals surface area contributed by atoms with Crippen LogP contribution < -0.4 is 5.32 Å². The van der Waals surface area contributed by atoms with Gasteiger partial charge in [0, 0.05) is 45.5 Å². The smallest absolute Gasteiger partial charge is 0.410 e. The molecule has 1 fully saturated rings. The number of aromatic nitrogens is 4. The van der Waals surface area contributed by atoms with Gasteiger partial charge < -0.3 is 15.0 Å². The maximum atomic E-state index is 12.4. The number of carbonyl (C=O) groups is 1. The molecule has 0 aliphatic carbocycles. The molecule has 1 amide bonds. The quantitative estimate of drug-likeness (QED) is 0.827. The minimum atomic E-state index is -0.475. The van der Waals surface area contributed by atoms with E-state index >= 15 is 0 Å². The fourth-order valence-electron chi connectivity index (χ4n) is 3.43. The van der Waals surface area contributed by atoms with Gasteiger partial charge in [0.1, 0.15) is 17.2 Å². The Bertz CT molecular complexity index is 842. The van der Waals surface area contributed by atoms with E-state index in [4.69, 9.17) is 4.74 Å². The number of ether oxygens (including phenoxy) is 1. The summed E-state index contributed by atoms with van der Waals surface area (Å²) in [5.74, 6) is 1.93. The van der Waals surface area contributed by atoms with Crippen LogP contribution in [-0.2, 0) is 18.2 Å². The van der Waals surface area contributed by atoms with Gasteiger partial charge in [0.2, 0.25) is 0 Å². The van der Waals surface area contributed by atoms with Crippen LogP contribution in [0, 0.1) is 5.92 Å². The fourth-order valence-corrected chi connectivity index (χ4v) is 3.43. The number of aryl methyl sites for hydroxylation is 2. The molecule has 1 unspecified atom stereocenters.